The van der Waals surface area contributed by atoms with Gasteiger partial charge in [0.2, 0.25) is 0 Å². The fourth-order valence-corrected chi connectivity index (χ4v) is 2.58. The number of hydrogen-bond donors (Lipinski definition) is 0. The summed E-state index contributed by atoms with van der Waals surface area (Å²) in [6, 6.07) is 15.9. The maximum atomic E-state index is 7.97. The average molecular weight is 279 g/mol. The predicted octanol–water partition coefficient (Wildman–Crippen LogP) is 5.34. The molecule has 1 aromatic heterocycles. The molecule has 2 aromatic carbocycles. The van der Waals surface area contributed by atoms with Crippen LogP contribution in [0.3, 0.4) is 0 Å². The van der Waals surface area contributed by atoms with Crippen molar-refractivity contribution < 1.29 is 8.22 Å². The molecule has 1 nitrogen and oxygen atoms in total. The Kier molecular flexibility index (Phi) is 2.14. The molecule has 0 N–H and O–H groups in total. The molecule has 0 bridgehead atoms. The Morgan fingerprint density at radius 1 is 0.905 bits per heavy atom. The second-order valence-electron chi connectivity index (χ2n) is 4.98. The molecule has 3 rings (SSSR count). The fraction of sp³-hybridized carbons (Fsp3) is 0.150. The molecule has 0 aliphatic heterocycles. The molecule has 0 radical (unpaired) electrons. The van der Waals surface area contributed by atoms with Crippen molar-refractivity contribution in [1.82, 2.24) is 4.98 Å². The molecule has 1 heterocycles. The van der Waals surface area contributed by atoms with Crippen LogP contribution in [0.1, 0.15) is 24.9 Å². The average Bonchev–Trinajstić information content (AvgIpc) is 2.60. The largest absolute Gasteiger partial charge is 0.256 e. The van der Waals surface area contributed by atoms with Crippen molar-refractivity contribution in [3.8, 4) is 22.4 Å². The van der Waals surface area contributed by atoms with E-state index in [1.54, 1.807) is 25.3 Å². The second kappa shape index (κ2) is 5.53. The maximum absolute atomic E-state index is 7.97. The molecular weight excluding hydrogens is 254 g/mol. The highest BCUT2D eigenvalue weighted by Crippen LogP contribution is 2.34. The van der Waals surface area contributed by atoms with Gasteiger partial charge < -0.3 is 0 Å². The molecule has 0 aliphatic rings. The van der Waals surface area contributed by atoms with E-state index in [4.69, 9.17) is 8.22 Å². The Labute approximate surface area is 134 Å². The van der Waals surface area contributed by atoms with Gasteiger partial charge >= 0.3 is 0 Å². The van der Waals surface area contributed by atoms with E-state index in [0.29, 0.717) is 22.4 Å². The van der Waals surface area contributed by atoms with Gasteiger partial charge in [-0.2, -0.15) is 0 Å². The van der Waals surface area contributed by atoms with Crippen LogP contribution in [0.15, 0.2) is 60.8 Å². The first-order valence-electron chi connectivity index (χ1n) is 9.75. The summed E-state index contributed by atoms with van der Waals surface area (Å²) in [5.41, 5.74) is 3.36. The van der Waals surface area contributed by atoms with E-state index >= 15 is 0 Å². The maximum Gasteiger partial charge on any atom is 0.0780 e. The summed E-state index contributed by atoms with van der Waals surface area (Å²) >= 11 is 0. The van der Waals surface area contributed by atoms with E-state index in [-0.39, 0.29) is 11.1 Å². The van der Waals surface area contributed by atoms with Gasteiger partial charge in [0.15, 0.2) is 0 Å². The van der Waals surface area contributed by atoms with Gasteiger partial charge in [-0.15, -0.1) is 0 Å². The van der Waals surface area contributed by atoms with Crippen molar-refractivity contribution in [2.24, 2.45) is 0 Å². The predicted molar refractivity (Wildman–Crippen MR) is 89.3 cm³/mol. The third kappa shape index (κ3) is 2.59. The Balaban J connectivity index is 2.34. The molecule has 0 fully saturated rings. The first-order valence-corrected chi connectivity index (χ1v) is 6.75. The summed E-state index contributed by atoms with van der Waals surface area (Å²) in [4.78, 5) is 4.47. The van der Waals surface area contributed by atoms with Crippen molar-refractivity contribution in [2.75, 3.05) is 0 Å². The zero-order chi connectivity index (χ0) is 19.8. The van der Waals surface area contributed by atoms with Gasteiger partial charge in [-0.3, -0.25) is 4.98 Å². The number of benzene rings is 2. The lowest BCUT2D eigenvalue weighted by molar-refractivity contribution is 1.28. The van der Waals surface area contributed by atoms with Crippen LogP contribution < -0.4 is 0 Å². The van der Waals surface area contributed by atoms with Crippen molar-refractivity contribution in [3.05, 3.63) is 77.5 Å². The highest BCUT2D eigenvalue weighted by atomic mass is 14.7. The van der Waals surface area contributed by atoms with Gasteiger partial charge in [0, 0.05) is 25.5 Å². The summed E-state index contributed by atoms with van der Waals surface area (Å²) in [6.07, 6.45) is 1.66. The molecular formula is C20H19N. The van der Waals surface area contributed by atoms with Crippen LogP contribution in [-0.2, 0) is 0 Å². The molecule has 1 heteroatoms. The van der Waals surface area contributed by atoms with Gasteiger partial charge in [0.25, 0.3) is 0 Å². The molecule has 0 atom stereocenters. The molecule has 3 aromatic rings. The molecule has 0 unspecified atom stereocenters. The van der Waals surface area contributed by atoms with E-state index in [9.17, 15) is 0 Å². The highest BCUT2D eigenvalue weighted by molar-refractivity contribution is 5.83. The van der Waals surface area contributed by atoms with Crippen LogP contribution in [0.25, 0.3) is 22.4 Å². The standard InChI is InChI=1S/C20H19N/c1-14-12-15(2)19(16(3)13-14)18-10-7-11-21-20(18)17-8-5-4-6-9-17/h4-13H,1-3H3/i1D3,2D3. The molecule has 104 valence electrons. The van der Waals surface area contributed by atoms with Gasteiger partial charge in [0.05, 0.1) is 5.69 Å². The van der Waals surface area contributed by atoms with E-state index in [0.717, 1.165) is 5.56 Å². The lowest BCUT2D eigenvalue weighted by Gasteiger charge is -2.15. The summed E-state index contributed by atoms with van der Waals surface area (Å²) in [5.74, 6) is 0. The molecule has 0 aliphatic carbocycles. The minimum absolute atomic E-state index is 0.0267. The van der Waals surface area contributed by atoms with Gasteiger partial charge in [-0.1, -0.05) is 54.1 Å². The molecule has 0 spiro atoms. The summed E-state index contributed by atoms with van der Waals surface area (Å²) in [5, 5.41) is 0. The van der Waals surface area contributed by atoms with Gasteiger partial charge in [-0.25, -0.2) is 0 Å². The lowest BCUT2D eigenvalue weighted by atomic mass is 9.91. The number of nitrogens with zero attached hydrogens (tertiary/aromatic N) is 1. The highest BCUT2D eigenvalue weighted by Gasteiger charge is 2.12. The minimum Gasteiger partial charge on any atom is -0.256 e. The van der Waals surface area contributed by atoms with Crippen molar-refractivity contribution in [1.29, 1.82) is 0 Å². The van der Waals surface area contributed by atoms with Crippen LogP contribution in [0.2, 0.25) is 0 Å². The third-order valence-corrected chi connectivity index (χ3v) is 3.46. The number of hydrogen-bond acceptors (Lipinski definition) is 1. The van der Waals surface area contributed by atoms with Crippen molar-refractivity contribution in [3.63, 3.8) is 0 Å². The van der Waals surface area contributed by atoms with Crippen molar-refractivity contribution in [2.45, 2.75) is 20.6 Å². The third-order valence-electron chi connectivity index (χ3n) is 3.46. The van der Waals surface area contributed by atoms with Crippen LogP contribution >= 0.6 is 0 Å². The summed E-state index contributed by atoms with van der Waals surface area (Å²) in [7, 11) is 0. The van der Waals surface area contributed by atoms with Gasteiger partial charge in [0.1, 0.15) is 0 Å². The number of pyridine rings is 1. The first kappa shape index (κ1) is 8.14. The summed E-state index contributed by atoms with van der Waals surface area (Å²) in [6.45, 7) is -3.09. The van der Waals surface area contributed by atoms with Crippen LogP contribution in [0.5, 0.6) is 0 Å². The second-order valence-corrected chi connectivity index (χ2v) is 4.98. The zero-order valence-electron chi connectivity index (χ0n) is 17.7. The van der Waals surface area contributed by atoms with E-state index in [1.165, 1.54) is 6.07 Å². The van der Waals surface area contributed by atoms with Crippen molar-refractivity contribution >= 4 is 0 Å². The number of aryl methyl sites for hydroxylation is 3. The van der Waals surface area contributed by atoms with Crippen LogP contribution in [-0.4, -0.2) is 4.98 Å². The molecule has 0 saturated carbocycles. The number of rotatable bonds is 2. The Hall–Kier alpha value is -2.41. The molecule has 0 amide bonds. The zero-order valence-corrected chi connectivity index (χ0v) is 11.7. The first-order chi connectivity index (χ1) is 12.6. The summed E-state index contributed by atoms with van der Waals surface area (Å²) < 4.78 is 46.9. The fourth-order valence-electron chi connectivity index (χ4n) is 2.58. The Bertz CT molecular complexity index is 958. The minimum atomic E-state index is -2.45. The molecule has 21 heavy (non-hydrogen) atoms. The molecule has 0 saturated heterocycles. The van der Waals surface area contributed by atoms with E-state index in [2.05, 4.69) is 4.98 Å². The Morgan fingerprint density at radius 2 is 1.71 bits per heavy atom. The van der Waals surface area contributed by atoms with Gasteiger partial charge in [-0.05, 0) is 43.4 Å². The SMILES string of the molecule is [2H]C([2H])([2H])c1cc(C)c(-c2cccnc2-c2ccccc2)c(C([2H])([2H])[2H])c1. The number of aromatic nitrogens is 1. The van der Waals surface area contributed by atoms with E-state index in [1.807, 2.05) is 36.4 Å². The topological polar surface area (TPSA) is 12.9 Å². The normalized spacial score (nSPS) is 16.0. The van der Waals surface area contributed by atoms with Crippen LogP contribution in [0.4, 0.5) is 0 Å². The monoisotopic (exact) mass is 279 g/mol. The lowest BCUT2D eigenvalue weighted by Crippen LogP contribution is -1.94. The van der Waals surface area contributed by atoms with E-state index < -0.39 is 13.7 Å². The Morgan fingerprint density at radius 3 is 2.48 bits per heavy atom. The smallest absolute Gasteiger partial charge is 0.0780 e. The quantitative estimate of drug-likeness (QED) is 0.617. The van der Waals surface area contributed by atoms with Crippen LogP contribution in [0, 0.1) is 20.6 Å².